The van der Waals surface area contributed by atoms with Crippen LogP contribution in [-0.4, -0.2) is 101 Å². The Bertz CT molecular complexity index is 2000. The molecule has 8 atom stereocenters. The molecule has 0 radical (unpaired) electrons. The largest absolute Gasteiger partial charge is 0.507 e. The lowest BCUT2D eigenvalue weighted by atomic mass is 9.74. The van der Waals surface area contributed by atoms with E-state index in [0.29, 0.717) is 23.1 Å². The minimum Gasteiger partial charge on any atom is -0.507 e. The highest BCUT2D eigenvalue weighted by molar-refractivity contribution is 6.33. The molecule has 2 aromatic carbocycles. The highest BCUT2D eigenvalue weighted by atomic mass is 16.5. The maximum absolute atomic E-state index is 14.9. The molecular formula is C39H48N2O9. The predicted octanol–water partition coefficient (Wildman–Crippen LogP) is 4.68. The molecular weight excluding hydrogens is 640 g/mol. The van der Waals surface area contributed by atoms with E-state index in [1.165, 1.54) is 6.07 Å². The van der Waals surface area contributed by atoms with Crippen LogP contribution in [0.5, 0.6) is 5.75 Å². The smallest absolute Gasteiger partial charge is 0.202 e. The van der Waals surface area contributed by atoms with Crippen LogP contribution >= 0.6 is 0 Å². The Morgan fingerprint density at radius 3 is 2.20 bits per heavy atom. The number of phenols is 1. The monoisotopic (exact) mass is 688 g/mol. The number of allylic oxidation sites excluding steroid dienone is 2. The van der Waals surface area contributed by atoms with Crippen molar-refractivity contribution in [3.63, 3.8) is 0 Å². The number of aliphatic hydroxyl groups is 2. The van der Waals surface area contributed by atoms with Crippen molar-refractivity contribution in [2.45, 2.75) is 103 Å². The highest BCUT2D eigenvalue weighted by Crippen LogP contribution is 2.49. The first-order valence-corrected chi connectivity index (χ1v) is 17.2. The quantitative estimate of drug-likeness (QED) is 0.268. The molecule has 3 N–H and O–H groups in total. The number of phenolic OH excluding ortho intramolecular Hbond substituents is 1. The van der Waals surface area contributed by atoms with Gasteiger partial charge >= 0.3 is 0 Å². The molecule has 2 aliphatic heterocycles. The lowest BCUT2D eigenvalue weighted by Gasteiger charge is -2.49. The zero-order valence-electron chi connectivity index (χ0n) is 30.5. The molecule has 1 aliphatic carbocycles. The van der Waals surface area contributed by atoms with Gasteiger partial charge in [-0.15, -0.1) is 0 Å². The average Bonchev–Trinajstić information content (AvgIpc) is 3.05. The first-order chi connectivity index (χ1) is 23.4. The van der Waals surface area contributed by atoms with Crippen LogP contribution in [0.3, 0.4) is 0 Å². The minimum absolute atomic E-state index is 0.0102. The first-order valence-electron chi connectivity index (χ1n) is 17.2. The number of aromatic hydroxyl groups is 1. The van der Waals surface area contributed by atoms with Gasteiger partial charge in [0.05, 0.1) is 53.1 Å². The van der Waals surface area contributed by atoms with Gasteiger partial charge in [0.1, 0.15) is 11.5 Å². The summed E-state index contributed by atoms with van der Waals surface area (Å²) in [6.45, 7) is 10.7. The second-order valence-electron chi connectivity index (χ2n) is 14.9. The summed E-state index contributed by atoms with van der Waals surface area (Å²) in [5.41, 5.74) is 0.492. The number of nitrogens with zero attached hydrogens (tertiary/aromatic N) is 2. The molecule has 50 heavy (non-hydrogen) atoms. The van der Waals surface area contributed by atoms with Crippen molar-refractivity contribution < 1.29 is 38.8 Å². The molecule has 11 nitrogen and oxygen atoms in total. The van der Waals surface area contributed by atoms with Gasteiger partial charge in [0.25, 0.3) is 0 Å². The standard InChI is InChI=1S/C39H48N2O9/c1-11-17(2)26-15-25(42)29-18(3)12-23-31(37(29)50-26)36(46)32-30(35(23)45)21(27-14-24(40(7)8)33(43)19(4)48-27)13-22(34(32)44)28-16-39(6,41(9)10)38(47)20(5)49-28/h11-13,15,19-20,24,27-28,33,38,43-44,47H,14,16H2,1-10H3/b17-11+/t19-,20+,24+,27-,28+,33-,38-,39+/m1/s1. The van der Waals surface area contributed by atoms with Gasteiger partial charge in [0.2, 0.25) is 5.78 Å². The summed E-state index contributed by atoms with van der Waals surface area (Å²) in [7, 11) is 7.46. The fourth-order valence-corrected chi connectivity index (χ4v) is 8.00. The molecule has 1 aromatic heterocycles. The number of hydrogen-bond acceptors (Lipinski definition) is 11. The van der Waals surface area contributed by atoms with Gasteiger partial charge in [-0.25, -0.2) is 0 Å². The Labute approximate surface area is 292 Å². The van der Waals surface area contributed by atoms with Crippen molar-refractivity contribution in [2.24, 2.45) is 0 Å². The molecule has 0 spiro atoms. The van der Waals surface area contributed by atoms with Crippen LogP contribution in [0, 0.1) is 6.92 Å². The molecule has 0 bridgehead atoms. The summed E-state index contributed by atoms with van der Waals surface area (Å²) < 4.78 is 19.0. The van der Waals surface area contributed by atoms with E-state index in [-0.39, 0.29) is 62.4 Å². The number of aryl methyl sites for hydroxylation is 1. The Hall–Kier alpha value is -3.71. The van der Waals surface area contributed by atoms with Crippen LogP contribution in [0.1, 0.15) is 114 Å². The summed E-state index contributed by atoms with van der Waals surface area (Å²) in [6.07, 6.45) is -2.05. The number of likely N-dealkylation sites (N-methyl/N-ethyl adjacent to an activating group) is 2. The molecule has 6 rings (SSSR count). The van der Waals surface area contributed by atoms with E-state index >= 15 is 0 Å². The molecule has 268 valence electrons. The second kappa shape index (κ2) is 12.8. The Kier molecular flexibility index (Phi) is 9.24. The highest BCUT2D eigenvalue weighted by Gasteiger charge is 2.49. The number of ether oxygens (including phenoxy) is 2. The van der Waals surface area contributed by atoms with Crippen LogP contribution < -0.4 is 5.43 Å². The van der Waals surface area contributed by atoms with Crippen molar-refractivity contribution >= 4 is 28.1 Å². The maximum Gasteiger partial charge on any atom is 0.202 e. The molecule has 11 heteroatoms. The summed E-state index contributed by atoms with van der Waals surface area (Å²) in [6, 6.07) is 4.29. The summed E-state index contributed by atoms with van der Waals surface area (Å²) in [4.78, 5) is 47.0. The number of aliphatic hydroxyl groups excluding tert-OH is 2. The van der Waals surface area contributed by atoms with Crippen molar-refractivity contribution in [1.82, 2.24) is 9.80 Å². The lowest BCUT2D eigenvalue weighted by Crippen LogP contribution is -2.59. The van der Waals surface area contributed by atoms with Gasteiger partial charge in [-0.3, -0.25) is 14.4 Å². The molecule has 3 aliphatic rings. The zero-order valence-corrected chi connectivity index (χ0v) is 30.5. The van der Waals surface area contributed by atoms with Crippen molar-refractivity contribution in [2.75, 3.05) is 28.2 Å². The van der Waals surface area contributed by atoms with Gasteiger partial charge < -0.3 is 39.0 Å². The van der Waals surface area contributed by atoms with E-state index in [9.17, 15) is 29.7 Å². The molecule has 2 fully saturated rings. The topological polar surface area (TPSA) is 150 Å². The van der Waals surface area contributed by atoms with Crippen molar-refractivity contribution in [1.29, 1.82) is 0 Å². The normalized spacial score (nSPS) is 30.3. The van der Waals surface area contributed by atoms with Crippen LogP contribution in [0.4, 0.5) is 0 Å². The molecule has 0 saturated carbocycles. The third-order valence-electron chi connectivity index (χ3n) is 11.5. The van der Waals surface area contributed by atoms with Crippen molar-refractivity contribution in [3.05, 3.63) is 79.2 Å². The molecule has 3 heterocycles. The SMILES string of the molecule is C/C=C(\C)c1cc(=O)c2c(C)cc3c(c2o1)C(=O)c1c(O)c([C@@H]2C[C@](C)(N(C)C)[C@H](O)[C@H](C)O2)cc([C@H]2C[C@H](N(C)C)[C@H](O)[C@@H](C)O2)c1C3=O. The number of carbonyl (C=O) groups excluding carboxylic acids is 2. The number of benzene rings is 2. The van der Waals surface area contributed by atoms with Gasteiger partial charge in [-0.2, -0.15) is 0 Å². The van der Waals surface area contributed by atoms with Crippen molar-refractivity contribution in [3.8, 4) is 5.75 Å². The van der Waals surface area contributed by atoms with E-state index in [4.69, 9.17) is 13.9 Å². The van der Waals surface area contributed by atoms with E-state index in [1.54, 1.807) is 52.8 Å². The Morgan fingerprint density at radius 1 is 0.920 bits per heavy atom. The van der Waals surface area contributed by atoms with Gasteiger partial charge in [0, 0.05) is 34.3 Å². The summed E-state index contributed by atoms with van der Waals surface area (Å²) in [5.74, 6) is -1.31. The van der Waals surface area contributed by atoms with Crippen LogP contribution in [0.15, 0.2) is 33.5 Å². The maximum atomic E-state index is 14.9. The second-order valence-corrected chi connectivity index (χ2v) is 14.9. The predicted molar refractivity (Wildman–Crippen MR) is 189 cm³/mol. The summed E-state index contributed by atoms with van der Waals surface area (Å²) in [5, 5.41) is 34.5. The Morgan fingerprint density at radius 2 is 1.58 bits per heavy atom. The molecule has 3 aromatic rings. The first kappa shape index (κ1) is 36.1. The van der Waals surface area contributed by atoms with E-state index in [0.717, 1.165) is 0 Å². The third kappa shape index (κ3) is 5.46. The molecule has 0 unspecified atom stereocenters. The third-order valence-corrected chi connectivity index (χ3v) is 11.5. The lowest BCUT2D eigenvalue weighted by molar-refractivity contribution is -0.176. The van der Waals surface area contributed by atoms with Gasteiger partial charge in [0.15, 0.2) is 16.8 Å². The fraction of sp³-hybridized carbons (Fsp3) is 0.513. The van der Waals surface area contributed by atoms with Gasteiger partial charge in [-0.05, 0) is 111 Å². The summed E-state index contributed by atoms with van der Waals surface area (Å²) >= 11 is 0. The van der Waals surface area contributed by atoms with E-state index in [2.05, 4.69) is 0 Å². The fourth-order valence-electron chi connectivity index (χ4n) is 8.00. The zero-order chi connectivity index (χ0) is 36.7. The molecule has 0 amide bonds. The Balaban J connectivity index is 1.65. The average molecular weight is 689 g/mol. The number of carbonyl (C=O) groups is 2. The van der Waals surface area contributed by atoms with Crippen LogP contribution in [0.2, 0.25) is 0 Å². The number of rotatable bonds is 5. The van der Waals surface area contributed by atoms with E-state index < -0.39 is 59.5 Å². The van der Waals surface area contributed by atoms with Gasteiger partial charge in [-0.1, -0.05) is 6.08 Å². The minimum atomic E-state index is -0.847. The van der Waals surface area contributed by atoms with E-state index in [1.807, 2.05) is 44.9 Å². The number of hydrogen-bond donors (Lipinski definition) is 3. The molecule has 2 saturated heterocycles. The number of fused-ring (bicyclic) bond motifs is 4. The van der Waals surface area contributed by atoms with Crippen LogP contribution in [0.25, 0.3) is 16.5 Å². The van der Waals surface area contributed by atoms with Crippen LogP contribution in [-0.2, 0) is 9.47 Å². The number of ketones is 2.